The molecule has 63 heavy (non-hydrogen) atoms. The monoisotopic (exact) mass is 877 g/mol. The Balaban J connectivity index is 4.40. The largest absolute Gasteiger partial charge is 0.462 e. The van der Waals surface area contributed by atoms with Crippen LogP contribution in [0.15, 0.2) is 85.1 Å². The van der Waals surface area contributed by atoms with E-state index in [4.69, 9.17) is 14.2 Å². The number of hydrogen-bond acceptors (Lipinski definition) is 6. The normalized spacial score (nSPS) is 12.7. The Morgan fingerprint density at radius 1 is 0.333 bits per heavy atom. The third kappa shape index (κ3) is 49.5. The van der Waals surface area contributed by atoms with E-state index in [1.165, 1.54) is 77.0 Å². The smallest absolute Gasteiger partial charge is 0.306 e. The average molecular weight is 877 g/mol. The molecule has 0 saturated heterocycles. The van der Waals surface area contributed by atoms with Gasteiger partial charge in [-0.2, -0.15) is 0 Å². The molecule has 0 aromatic rings. The first kappa shape index (κ1) is 59.6. The number of hydrogen-bond donors (Lipinski definition) is 0. The summed E-state index contributed by atoms with van der Waals surface area (Å²) >= 11 is 0. The fraction of sp³-hybridized carbons (Fsp3) is 0.702. The summed E-state index contributed by atoms with van der Waals surface area (Å²) in [6.07, 6.45) is 65.7. The van der Waals surface area contributed by atoms with Crippen molar-refractivity contribution in [3.05, 3.63) is 85.1 Å². The Labute approximate surface area is 388 Å². The van der Waals surface area contributed by atoms with E-state index in [1.807, 2.05) is 0 Å². The average Bonchev–Trinajstić information content (AvgIpc) is 3.28. The highest BCUT2D eigenvalue weighted by atomic mass is 16.6. The highest BCUT2D eigenvalue weighted by molar-refractivity contribution is 5.71. The molecule has 360 valence electrons. The molecule has 1 unspecified atom stereocenters. The molecule has 0 saturated carbocycles. The molecular formula is C57H96O6. The highest BCUT2D eigenvalue weighted by Gasteiger charge is 2.19. The van der Waals surface area contributed by atoms with E-state index in [0.717, 1.165) is 122 Å². The summed E-state index contributed by atoms with van der Waals surface area (Å²) in [7, 11) is 0. The zero-order valence-corrected chi connectivity index (χ0v) is 41.1. The molecule has 0 aliphatic carbocycles. The van der Waals surface area contributed by atoms with Gasteiger partial charge in [-0.3, -0.25) is 14.4 Å². The predicted molar refractivity (Wildman–Crippen MR) is 270 cm³/mol. The molecule has 1 atom stereocenters. The van der Waals surface area contributed by atoms with Crippen molar-refractivity contribution in [2.24, 2.45) is 0 Å². The summed E-state index contributed by atoms with van der Waals surface area (Å²) in [6.45, 7) is 6.39. The SMILES string of the molecule is CC/C=C\C/C=C\C/C=C\CCCCCC(=O)OC(COC(=O)CCCCCCC/C=C\C/C=C\CCC)COC(=O)CCCCCCCCCCC/C=C\C/C=C\CCCCC. The van der Waals surface area contributed by atoms with Crippen molar-refractivity contribution in [3.8, 4) is 0 Å². The van der Waals surface area contributed by atoms with Crippen LogP contribution in [0.25, 0.3) is 0 Å². The standard InChI is InChI=1S/C57H96O6/c1-4-7-10-13-16-19-22-25-26-27-28-29-30-33-35-38-41-44-47-50-56(59)62-53-54(63-57(60)51-48-45-42-39-36-32-24-21-18-15-12-9-6-3)52-61-55(58)49-46-43-40-37-34-31-23-20-17-14-11-8-5-2/h9,11-12,14,16,18-21,23,25-26,32,36,54H,4-8,10,13,15,17,22,24,27-31,33-35,37-53H2,1-3H3/b12-9-,14-11-,19-16-,21-18-,23-20-,26-25-,36-32-. The predicted octanol–water partition coefficient (Wildman–Crippen LogP) is 17.2. The minimum atomic E-state index is -0.799. The van der Waals surface area contributed by atoms with E-state index in [1.54, 1.807) is 0 Å². The maximum atomic E-state index is 12.8. The molecule has 0 heterocycles. The minimum absolute atomic E-state index is 0.0958. The molecule has 0 aromatic heterocycles. The third-order valence-electron chi connectivity index (χ3n) is 10.8. The summed E-state index contributed by atoms with van der Waals surface area (Å²) in [5.41, 5.74) is 0. The van der Waals surface area contributed by atoms with Crippen LogP contribution in [0.2, 0.25) is 0 Å². The van der Waals surface area contributed by atoms with Gasteiger partial charge in [-0.15, -0.1) is 0 Å². The zero-order chi connectivity index (χ0) is 45.8. The van der Waals surface area contributed by atoms with Crippen molar-refractivity contribution in [1.82, 2.24) is 0 Å². The lowest BCUT2D eigenvalue weighted by atomic mass is 10.1. The van der Waals surface area contributed by atoms with Gasteiger partial charge in [-0.25, -0.2) is 0 Å². The van der Waals surface area contributed by atoms with Crippen molar-refractivity contribution in [1.29, 1.82) is 0 Å². The molecule has 0 bridgehead atoms. The van der Waals surface area contributed by atoms with E-state index in [-0.39, 0.29) is 37.5 Å². The summed E-state index contributed by atoms with van der Waals surface area (Å²) in [5, 5.41) is 0. The van der Waals surface area contributed by atoms with Crippen LogP contribution in [0, 0.1) is 0 Å². The Hall–Kier alpha value is -3.41. The summed E-state index contributed by atoms with van der Waals surface area (Å²) in [5.74, 6) is -0.945. The van der Waals surface area contributed by atoms with Gasteiger partial charge in [0, 0.05) is 19.3 Å². The first-order chi connectivity index (χ1) is 31.0. The molecule has 0 aliphatic heterocycles. The first-order valence-electron chi connectivity index (χ1n) is 26.1. The second-order valence-electron chi connectivity index (χ2n) is 17.0. The zero-order valence-electron chi connectivity index (χ0n) is 41.1. The van der Waals surface area contributed by atoms with E-state index in [9.17, 15) is 14.4 Å². The van der Waals surface area contributed by atoms with Crippen molar-refractivity contribution in [3.63, 3.8) is 0 Å². The van der Waals surface area contributed by atoms with E-state index >= 15 is 0 Å². The fourth-order valence-electron chi connectivity index (χ4n) is 6.94. The molecule has 6 nitrogen and oxygen atoms in total. The van der Waals surface area contributed by atoms with Crippen LogP contribution in [0.1, 0.15) is 239 Å². The number of unbranched alkanes of at least 4 members (excludes halogenated alkanes) is 21. The van der Waals surface area contributed by atoms with Gasteiger partial charge in [0.1, 0.15) is 13.2 Å². The summed E-state index contributed by atoms with van der Waals surface area (Å²) in [6, 6.07) is 0. The number of rotatable bonds is 46. The molecule has 0 radical (unpaired) electrons. The molecular weight excluding hydrogens is 781 g/mol. The Morgan fingerprint density at radius 3 is 1.05 bits per heavy atom. The third-order valence-corrected chi connectivity index (χ3v) is 10.8. The number of allylic oxidation sites excluding steroid dienone is 14. The highest BCUT2D eigenvalue weighted by Crippen LogP contribution is 2.14. The van der Waals surface area contributed by atoms with Gasteiger partial charge in [0.15, 0.2) is 6.10 Å². The van der Waals surface area contributed by atoms with Crippen LogP contribution < -0.4 is 0 Å². The second-order valence-corrected chi connectivity index (χ2v) is 17.0. The Bertz CT molecular complexity index is 1240. The number of carbonyl (C=O) groups excluding carboxylic acids is 3. The number of ether oxygens (including phenoxy) is 3. The van der Waals surface area contributed by atoms with Crippen molar-refractivity contribution >= 4 is 17.9 Å². The van der Waals surface area contributed by atoms with E-state index in [2.05, 4.69) is 106 Å². The summed E-state index contributed by atoms with van der Waals surface area (Å²) in [4.78, 5) is 38.0. The quantitative estimate of drug-likeness (QED) is 0.0262. The van der Waals surface area contributed by atoms with Crippen molar-refractivity contribution in [2.75, 3.05) is 13.2 Å². The van der Waals surface area contributed by atoms with Gasteiger partial charge < -0.3 is 14.2 Å². The molecule has 0 N–H and O–H groups in total. The number of esters is 3. The maximum Gasteiger partial charge on any atom is 0.306 e. The van der Waals surface area contributed by atoms with Gasteiger partial charge in [0.05, 0.1) is 0 Å². The van der Waals surface area contributed by atoms with Crippen LogP contribution in [0.3, 0.4) is 0 Å². The van der Waals surface area contributed by atoms with E-state index < -0.39 is 6.10 Å². The molecule has 0 rings (SSSR count). The lowest BCUT2D eigenvalue weighted by molar-refractivity contribution is -0.167. The van der Waals surface area contributed by atoms with Crippen molar-refractivity contribution in [2.45, 2.75) is 245 Å². The van der Waals surface area contributed by atoms with Crippen LogP contribution >= 0.6 is 0 Å². The molecule has 0 amide bonds. The molecule has 0 aliphatic rings. The summed E-state index contributed by atoms with van der Waals surface area (Å²) < 4.78 is 16.8. The Morgan fingerprint density at radius 2 is 0.651 bits per heavy atom. The van der Waals surface area contributed by atoms with Gasteiger partial charge in [0.25, 0.3) is 0 Å². The van der Waals surface area contributed by atoms with Crippen LogP contribution in [-0.4, -0.2) is 37.2 Å². The number of carbonyl (C=O) groups is 3. The maximum absolute atomic E-state index is 12.8. The van der Waals surface area contributed by atoms with Gasteiger partial charge in [0.2, 0.25) is 0 Å². The fourth-order valence-corrected chi connectivity index (χ4v) is 6.94. The van der Waals surface area contributed by atoms with Crippen LogP contribution in [0.5, 0.6) is 0 Å². The van der Waals surface area contributed by atoms with Gasteiger partial charge in [-0.05, 0) is 109 Å². The lowest BCUT2D eigenvalue weighted by Crippen LogP contribution is -2.30. The minimum Gasteiger partial charge on any atom is -0.462 e. The molecule has 6 heteroatoms. The van der Waals surface area contributed by atoms with Crippen LogP contribution in [-0.2, 0) is 28.6 Å². The van der Waals surface area contributed by atoms with Crippen molar-refractivity contribution < 1.29 is 28.6 Å². The van der Waals surface area contributed by atoms with Gasteiger partial charge >= 0.3 is 17.9 Å². The van der Waals surface area contributed by atoms with Crippen LogP contribution in [0.4, 0.5) is 0 Å². The molecule has 0 aromatic carbocycles. The lowest BCUT2D eigenvalue weighted by Gasteiger charge is -2.18. The first-order valence-corrected chi connectivity index (χ1v) is 26.1. The van der Waals surface area contributed by atoms with E-state index in [0.29, 0.717) is 12.8 Å². The molecule has 0 fully saturated rings. The second kappa shape index (κ2) is 51.2. The molecule has 0 spiro atoms. The Kier molecular flexibility index (Phi) is 48.5. The van der Waals surface area contributed by atoms with Gasteiger partial charge in [-0.1, -0.05) is 196 Å². The topological polar surface area (TPSA) is 78.9 Å².